The van der Waals surface area contributed by atoms with Crippen molar-refractivity contribution in [2.45, 2.75) is 46.1 Å². The van der Waals surface area contributed by atoms with Gasteiger partial charge in [0.05, 0.1) is 5.69 Å². The molecule has 1 aliphatic rings. The maximum Gasteiger partial charge on any atom is 0.0624 e. The maximum absolute atomic E-state index is 4.68. The molecular formula is C13H23N3. The molecule has 1 fully saturated rings. The first-order chi connectivity index (χ1) is 7.83. The summed E-state index contributed by atoms with van der Waals surface area (Å²) in [6.07, 6.45) is 4.79. The van der Waals surface area contributed by atoms with Crippen molar-refractivity contribution in [2.75, 3.05) is 13.1 Å². The Balaban J connectivity index is 2.03. The maximum atomic E-state index is 4.68. The summed E-state index contributed by atoms with van der Waals surface area (Å²) in [6.45, 7) is 7.83. The summed E-state index contributed by atoms with van der Waals surface area (Å²) in [5, 5.41) is 8.15. The van der Waals surface area contributed by atoms with Gasteiger partial charge in [-0.3, -0.25) is 4.68 Å². The van der Waals surface area contributed by atoms with Crippen LogP contribution in [0.3, 0.4) is 0 Å². The minimum Gasteiger partial charge on any atom is -0.316 e. The van der Waals surface area contributed by atoms with E-state index in [1.807, 2.05) is 0 Å². The Morgan fingerprint density at radius 1 is 1.44 bits per heavy atom. The van der Waals surface area contributed by atoms with Gasteiger partial charge in [-0.15, -0.1) is 0 Å². The molecule has 90 valence electrons. The summed E-state index contributed by atoms with van der Waals surface area (Å²) in [7, 11) is 0. The number of nitrogens with zero attached hydrogens (tertiary/aromatic N) is 2. The monoisotopic (exact) mass is 221 g/mol. The van der Waals surface area contributed by atoms with Crippen LogP contribution < -0.4 is 5.32 Å². The Hall–Kier alpha value is -0.830. The van der Waals surface area contributed by atoms with E-state index in [1.54, 1.807) is 0 Å². The molecule has 1 saturated heterocycles. The Kier molecular flexibility index (Phi) is 3.99. The largest absolute Gasteiger partial charge is 0.316 e. The van der Waals surface area contributed by atoms with Crippen molar-refractivity contribution in [1.82, 2.24) is 15.1 Å². The second-order valence-corrected chi connectivity index (χ2v) is 4.73. The van der Waals surface area contributed by atoms with Gasteiger partial charge < -0.3 is 5.32 Å². The van der Waals surface area contributed by atoms with E-state index in [9.17, 15) is 0 Å². The van der Waals surface area contributed by atoms with Gasteiger partial charge in [-0.25, -0.2) is 0 Å². The third kappa shape index (κ3) is 2.64. The molecule has 0 aromatic carbocycles. The van der Waals surface area contributed by atoms with E-state index in [4.69, 9.17) is 0 Å². The Labute approximate surface area is 98.2 Å². The second-order valence-electron chi connectivity index (χ2n) is 4.73. The first-order valence-electron chi connectivity index (χ1n) is 6.59. The van der Waals surface area contributed by atoms with Gasteiger partial charge in [0.25, 0.3) is 0 Å². The standard InChI is InChI=1S/C13H23N3/c1-3-12-8-13(4-2)16(15-12)10-11-6-5-7-14-9-11/h8,11,14H,3-7,9-10H2,1-2H3/t11-/m1/s1. The molecule has 1 atom stereocenters. The van der Waals surface area contributed by atoms with E-state index in [0.717, 1.165) is 31.8 Å². The topological polar surface area (TPSA) is 29.9 Å². The van der Waals surface area contributed by atoms with E-state index in [-0.39, 0.29) is 0 Å². The number of hydrogen-bond donors (Lipinski definition) is 1. The van der Waals surface area contributed by atoms with Crippen molar-refractivity contribution in [2.24, 2.45) is 5.92 Å². The highest BCUT2D eigenvalue weighted by atomic mass is 15.3. The molecule has 2 heterocycles. The smallest absolute Gasteiger partial charge is 0.0624 e. The van der Waals surface area contributed by atoms with Gasteiger partial charge in [-0.2, -0.15) is 5.10 Å². The molecule has 0 bridgehead atoms. The zero-order valence-corrected chi connectivity index (χ0v) is 10.5. The van der Waals surface area contributed by atoms with Crippen molar-refractivity contribution in [3.8, 4) is 0 Å². The van der Waals surface area contributed by atoms with Crippen LogP contribution in [0.1, 0.15) is 38.1 Å². The molecule has 1 N–H and O–H groups in total. The molecule has 0 unspecified atom stereocenters. The van der Waals surface area contributed by atoms with Gasteiger partial charge in [0, 0.05) is 12.2 Å². The molecule has 0 aliphatic carbocycles. The highest BCUT2D eigenvalue weighted by Crippen LogP contribution is 2.15. The quantitative estimate of drug-likeness (QED) is 0.843. The van der Waals surface area contributed by atoms with Gasteiger partial charge in [-0.05, 0) is 50.8 Å². The first kappa shape index (κ1) is 11.6. The number of aryl methyl sites for hydroxylation is 2. The zero-order valence-electron chi connectivity index (χ0n) is 10.5. The Bertz CT molecular complexity index is 324. The van der Waals surface area contributed by atoms with Crippen LogP contribution in [0.15, 0.2) is 6.07 Å². The van der Waals surface area contributed by atoms with E-state index >= 15 is 0 Å². The summed E-state index contributed by atoms with van der Waals surface area (Å²) >= 11 is 0. The molecule has 0 spiro atoms. The minimum atomic E-state index is 0.767. The molecule has 0 amide bonds. The van der Waals surface area contributed by atoms with Gasteiger partial charge >= 0.3 is 0 Å². The predicted octanol–water partition coefficient (Wildman–Crippen LogP) is 2.01. The summed E-state index contributed by atoms with van der Waals surface area (Å²) < 4.78 is 2.23. The van der Waals surface area contributed by atoms with Crippen LogP contribution in [0.25, 0.3) is 0 Å². The lowest BCUT2D eigenvalue weighted by Gasteiger charge is -2.23. The second kappa shape index (κ2) is 5.48. The van der Waals surface area contributed by atoms with Crippen molar-refractivity contribution in [1.29, 1.82) is 0 Å². The highest BCUT2D eigenvalue weighted by Gasteiger charge is 2.15. The summed E-state index contributed by atoms with van der Waals surface area (Å²) in [5.74, 6) is 0.767. The average Bonchev–Trinajstić information content (AvgIpc) is 2.73. The lowest BCUT2D eigenvalue weighted by atomic mass is 10.00. The number of nitrogens with one attached hydrogen (secondary N) is 1. The number of piperidine rings is 1. The SMILES string of the molecule is CCc1cc(CC)n(C[C@@H]2CCCNC2)n1. The van der Waals surface area contributed by atoms with Gasteiger partial charge in [0.1, 0.15) is 0 Å². The van der Waals surface area contributed by atoms with Crippen molar-refractivity contribution in [3.63, 3.8) is 0 Å². The molecule has 2 rings (SSSR count). The van der Waals surface area contributed by atoms with E-state index in [1.165, 1.54) is 30.8 Å². The van der Waals surface area contributed by atoms with Crippen LogP contribution in [-0.4, -0.2) is 22.9 Å². The third-order valence-electron chi connectivity index (χ3n) is 3.47. The normalized spacial score (nSPS) is 21.2. The van der Waals surface area contributed by atoms with Gasteiger partial charge in [0.2, 0.25) is 0 Å². The van der Waals surface area contributed by atoms with Crippen molar-refractivity contribution < 1.29 is 0 Å². The molecule has 1 aromatic rings. The molecule has 1 aromatic heterocycles. The molecular weight excluding hydrogens is 198 g/mol. The summed E-state index contributed by atoms with van der Waals surface area (Å²) in [6, 6.07) is 2.26. The Morgan fingerprint density at radius 2 is 2.31 bits per heavy atom. The number of aromatic nitrogens is 2. The van der Waals surface area contributed by atoms with Crippen molar-refractivity contribution >= 4 is 0 Å². The van der Waals surface area contributed by atoms with Gasteiger partial charge in [0.15, 0.2) is 0 Å². The third-order valence-corrected chi connectivity index (χ3v) is 3.47. The fraction of sp³-hybridized carbons (Fsp3) is 0.769. The molecule has 3 nitrogen and oxygen atoms in total. The van der Waals surface area contributed by atoms with Crippen molar-refractivity contribution in [3.05, 3.63) is 17.5 Å². The van der Waals surface area contributed by atoms with Crippen LogP contribution in [-0.2, 0) is 19.4 Å². The summed E-state index contributed by atoms with van der Waals surface area (Å²) in [4.78, 5) is 0. The first-order valence-corrected chi connectivity index (χ1v) is 6.59. The molecule has 1 aliphatic heterocycles. The summed E-state index contributed by atoms with van der Waals surface area (Å²) in [5.41, 5.74) is 2.63. The van der Waals surface area contributed by atoms with Gasteiger partial charge in [-0.1, -0.05) is 13.8 Å². The lowest BCUT2D eigenvalue weighted by molar-refractivity contribution is 0.321. The molecule has 16 heavy (non-hydrogen) atoms. The van der Waals surface area contributed by atoms with E-state index < -0.39 is 0 Å². The number of hydrogen-bond acceptors (Lipinski definition) is 2. The fourth-order valence-corrected chi connectivity index (χ4v) is 2.45. The van der Waals surface area contributed by atoms with E-state index in [0.29, 0.717) is 0 Å². The number of rotatable bonds is 4. The molecule has 0 radical (unpaired) electrons. The van der Waals surface area contributed by atoms with Crippen LogP contribution >= 0.6 is 0 Å². The van der Waals surface area contributed by atoms with Crippen LogP contribution in [0.4, 0.5) is 0 Å². The zero-order chi connectivity index (χ0) is 11.4. The average molecular weight is 221 g/mol. The minimum absolute atomic E-state index is 0.767. The predicted molar refractivity (Wildman–Crippen MR) is 66.6 cm³/mol. The fourth-order valence-electron chi connectivity index (χ4n) is 2.45. The van der Waals surface area contributed by atoms with E-state index in [2.05, 4.69) is 35.0 Å². The lowest BCUT2D eigenvalue weighted by Crippen LogP contribution is -2.32. The molecule has 3 heteroatoms. The molecule has 0 saturated carbocycles. The van der Waals surface area contributed by atoms with Crippen LogP contribution in [0, 0.1) is 5.92 Å². The Morgan fingerprint density at radius 3 is 2.94 bits per heavy atom. The van der Waals surface area contributed by atoms with Crippen LogP contribution in [0.2, 0.25) is 0 Å². The van der Waals surface area contributed by atoms with Crippen LogP contribution in [0.5, 0.6) is 0 Å². The highest BCUT2D eigenvalue weighted by molar-refractivity contribution is 5.10.